The van der Waals surface area contributed by atoms with Crippen LogP contribution in [-0.4, -0.2) is 111 Å². The molecule has 3 aromatic heterocycles. The first-order valence-electron chi connectivity index (χ1n) is 14.1. The Kier molecular flexibility index (Phi) is 7.84. The number of aliphatic hydroxyl groups excluding tert-OH is 1. The summed E-state index contributed by atoms with van der Waals surface area (Å²) in [7, 11) is 0. The molecule has 0 spiro atoms. The van der Waals surface area contributed by atoms with Crippen molar-refractivity contribution in [3.63, 3.8) is 0 Å². The molecule has 2 fully saturated rings. The third-order valence-electron chi connectivity index (χ3n) is 8.04. The lowest BCUT2D eigenvalue weighted by atomic mass is 10.1. The number of aromatic nitrogens is 5. The first-order chi connectivity index (χ1) is 19.9. The van der Waals surface area contributed by atoms with Gasteiger partial charge in [0.05, 0.1) is 31.9 Å². The topological polar surface area (TPSA) is 142 Å². The van der Waals surface area contributed by atoms with E-state index >= 15 is 4.39 Å². The predicted octanol–water partition coefficient (Wildman–Crippen LogP) is 1.18. The van der Waals surface area contributed by atoms with Gasteiger partial charge in [0.25, 0.3) is 0 Å². The molecule has 1 aromatic carbocycles. The van der Waals surface area contributed by atoms with Crippen molar-refractivity contribution in [1.82, 2.24) is 34.3 Å². The Hall–Kier alpha value is -3.65. The number of aliphatic hydroxyl groups is 1. The van der Waals surface area contributed by atoms with Crippen LogP contribution < -0.4 is 10.6 Å². The van der Waals surface area contributed by atoms with Gasteiger partial charge in [-0.15, -0.1) is 0 Å². The number of morpholine rings is 1. The number of amides is 1. The van der Waals surface area contributed by atoms with Crippen molar-refractivity contribution in [3.05, 3.63) is 36.0 Å². The van der Waals surface area contributed by atoms with Crippen LogP contribution in [0.2, 0.25) is 0 Å². The van der Waals surface area contributed by atoms with Crippen LogP contribution in [0.3, 0.4) is 0 Å². The number of hydrogen-bond donors (Lipinski definition) is 3. The van der Waals surface area contributed by atoms with Gasteiger partial charge in [-0.1, -0.05) is 6.92 Å². The van der Waals surface area contributed by atoms with Gasteiger partial charge < -0.3 is 34.9 Å². The van der Waals surface area contributed by atoms with Crippen LogP contribution in [0.4, 0.5) is 10.2 Å². The van der Waals surface area contributed by atoms with Gasteiger partial charge in [-0.05, 0) is 18.2 Å². The Labute approximate surface area is 236 Å². The van der Waals surface area contributed by atoms with E-state index in [1.165, 1.54) is 6.07 Å². The van der Waals surface area contributed by atoms with Gasteiger partial charge in [0.2, 0.25) is 5.91 Å². The third-order valence-corrected chi connectivity index (χ3v) is 8.04. The highest BCUT2D eigenvalue weighted by molar-refractivity contribution is 5.95. The van der Waals surface area contributed by atoms with Crippen molar-refractivity contribution in [2.75, 3.05) is 70.5 Å². The van der Waals surface area contributed by atoms with Gasteiger partial charge in [0.15, 0.2) is 22.8 Å². The van der Waals surface area contributed by atoms with E-state index in [0.29, 0.717) is 73.9 Å². The van der Waals surface area contributed by atoms with Crippen LogP contribution in [0.15, 0.2) is 24.4 Å². The van der Waals surface area contributed by atoms with Crippen LogP contribution in [-0.2, 0) is 22.6 Å². The number of ether oxygens (including phenoxy) is 1. The number of H-pyrrole nitrogens is 1. The van der Waals surface area contributed by atoms with Gasteiger partial charge in [-0.25, -0.2) is 19.3 Å². The normalized spacial score (nSPS) is 18.0. The van der Waals surface area contributed by atoms with E-state index in [1.807, 2.05) is 17.6 Å². The van der Waals surface area contributed by atoms with Gasteiger partial charge >= 0.3 is 0 Å². The molecule has 4 N–H and O–H groups in total. The van der Waals surface area contributed by atoms with E-state index in [1.54, 1.807) is 12.3 Å². The SMILES string of the molecule is CC(CN1CCN(Cc2nc3c(N4CCOCC4)nc(-c4c(F)ccc5[nH]ccc45)nc3n2CCO)CC1)C(N)=O. The van der Waals surface area contributed by atoms with Crippen molar-refractivity contribution in [1.29, 1.82) is 0 Å². The minimum absolute atomic E-state index is 0.0920. The van der Waals surface area contributed by atoms with Crippen molar-refractivity contribution in [2.45, 2.75) is 20.0 Å². The summed E-state index contributed by atoms with van der Waals surface area (Å²) in [6, 6.07) is 4.96. The second-order valence-corrected chi connectivity index (χ2v) is 10.8. The number of fused-ring (bicyclic) bond motifs is 2. The molecule has 2 aliphatic heterocycles. The third kappa shape index (κ3) is 5.49. The number of halogens is 1. The Morgan fingerprint density at radius 3 is 2.59 bits per heavy atom. The molecule has 12 nitrogen and oxygen atoms in total. The molecular formula is C28H36FN9O3. The summed E-state index contributed by atoms with van der Waals surface area (Å²) in [5, 5.41) is 10.7. The average molecular weight is 566 g/mol. The lowest BCUT2D eigenvalue weighted by molar-refractivity contribution is -0.122. The first-order valence-corrected chi connectivity index (χ1v) is 14.1. The molecule has 218 valence electrons. The molecular weight excluding hydrogens is 529 g/mol. The number of hydrogen-bond acceptors (Lipinski definition) is 9. The minimum atomic E-state index is -0.402. The quantitative estimate of drug-likeness (QED) is 0.273. The summed E-state index contributed by atoms with van der Waals surface area (Å²) in [6.07, 6.45) is 1.78. The smallest absolute Gasteiger partial charge is 0.221 e. The van der Waals surface area contributed by atoms with Crippen LogP contribution in [0.5, 0.6) is 0 Å². The highest BCUT2D eigenvalue weighted by Gasteiger charge is 2.27. The molecule has 0 saturated carbocycles. The van der Waals surface area contributed by atoms with Crippen LogP contribution in [0.1, 0.15) is 12.7 Å². The molecule has 41 heavy (non-hydrogen) atoms. The molecule has 13 heteroatoms. The average Bonchev–Trinajstić information content (AvgIpc) is 3.59. The highest BCUT2D eigenvalue weighted by Crippen LogP contribution is 2.33. The summed E-state index contributed by atoms with van der Waals surface area (Å²) in [5.41, 5.74) is 7.79. The Morgan fingerprint density at radius 1 is 1.10 bits per heavy atom. The van der Waals surface area contributed by atoms with Gasteiger partial charge in [-0.2, -0.15) is 0 Å². The van der Waals surface area contributed by atoms with Crippen molar-refractivity contribution >= 4 is 33.8 Å². The number of anilines is 1. The standard InChI is InChI=1S/C28H36FN9O3/c1-18(25(30)40)16-35-6-8-36(9-7-35)17-22-32-24-27(37-11-14-41-15-12-37)33-26(34-28(24)38(22)10-13-39)23-19-4-5-31-21(19)3-2-20(23)29/h2-5,18,31,39H,6-17H2,1H3,(H2,30,40). The number of nitrogens with two attached hydrogens (primary N) is 1. The van der Waals surface area contributed by atoms with E-state index in [-0.39, 0.29) is 24.3 Å². The maximum atomic E-state index is 15.3. The van der Waals surface area contributed by atoms with E-state index in [0.717, 1.165) is 37.5 Å². The second kappa shape index (κ2) is 11.7. The number of imidazole rings is 1. The van der Waals surface area contributed by atoms with Crippen LogP contribution in [0.25, 0.3) is 33.5 Å². The summed E-state index contributed by atoms with van der Waals surface area (Å²) in [4.78, 5) is 36.1. The molecule has 1 amide bonds. The highest BCUT2D eigenvalue weighted by atomic mass is 19.1. The van der Waals surface area contributed by atoms with Crippen molar-refractivity contribution < 1.29 is 19.0 Å². The molecule has 5 heterocycles. The lowest BCUT2D eigenvalue weighted by Crippen LogP contribution is -2.48. The fourth-order valence-electron chi connectivity index (χ4n) is 5.74. The number of carbonyl (C=O) groups excluding carboxylic acids is 1. The molecule has 6 rings (SSSR count). The van der Waals surface area contributed by atoms with Crippen LogP contribution >= 0.6 is 0 Å². The van der Waals surface area contributed by atoms with E-state index < -0.39 is 5.82 Å². The number of nitrogens with one attached hydrogen (secondary N) is 1. The predicted molar refractivity (Wildman–Crippen MR) is 153 cm³/mol. The number of piperazine rings is 1. The van der Waals surface area contributed by atoms with Crippen molar-refractivity contribution in [2.24, 2.45) is 11.7 Å². The zero-order chi connectivity index (χ0) is 28.5. The van der Waals surface area contributed by atoms with Crippen molar-refractivity contribution in [3.8, 4) is 11.4 Å². The van der Waals surface area contributed by atoms with E-state index in [4.69, 9.17) is 25.4 Å². The maximum Gasteiger partial charge on any atom is 0.221 e. The zero-order valence-corrected chi connectivity index (χ0v) is 23.2. The maximum absolute atomic E-state index is 15.3. The second-order valence-electron chi connectivity index (χ2n) is 10.8. The molecule has 2 saturated heterocycles. The number of primary amides is 1. The molecule has 2 aliphatic rings. The molecule has 0 aliphatic carbocycles. The number of aromatic amines is 1. The Bertz CT molecular complexity index is 1540. The molecule has 1 atom stereocenters. The minimum Gasteiger partial charge on any atom is -0.395 e. The summed E-state index contributed by atoms with van der Waals surface area (Å²) >= 11 is 0. The number of benzene rings is 1. The fraction of sp³-hybridized carbons (Fsp3) is 0.500. The number of nitrogens with zero attached hydrogens (tertiary/aromatic N) is 7. The van der Waals surface area contributed by atoms with E-state index in [2.05, 4.69) is 19.7 Å². The monoisotopic (exact) mass is 565 g/mol. The first kappa shape index (κ1) is 27.5. The number of rotatable bonds is 9. The van der Waals surface area contributed by atoms with Gasteiger partial charge in [0.1, 0.15) is 11.6 Å². The lowest BCUT2D eigenvalue weighted by Gasteiger charge is -2.35. The van der Waals surface area contributed by atoms with Gasteiger partial charge in [0, 0.05) is 75.4 Å². The summed E-state index contributed by atoms with van der Waals surface area (Å²) in [5.74, 6) is 0.821. The molecule has 0 radical (unpaired) electrons. The Morgan fingerprint density at radius 2 is 1.85 bits per heavy atom. The van der Waals surface area contributed by atoms with Gasteiger partial charge in [-0.3, -0.25) is 9.69 Å². The van der Waals surface area contributed by atoms with Crippen LogP contribution in [0, 0.1) is 11.7 Å². The summed E-state index contributed by atoms with van der Waals surface area (Å²) in [6.45, 7) is 8.93. The molecule has 4 aromatic rings. The largest absolute Gasteiger partial charge is 0.395 e. The van der Waals surface area contributed by atoms with E-state index in [9.17, 15) is 9.90 Å². The fourth-order valence-corrected chi connectivity index (χ4v) is 5.74. The summed E-state index contributed by atoms with van der Waals surface area (Å²) < 4.78 is 22.9. The zero-order valence-electron chi connectivity index (χ0n) is 23.2. The molecule has 1 unspecified atom stereocenters. The molecule has 0 bridgehead atoms. The Balaban J connectivity index is 1.38. The number of carbonyl (C=O) groups is 1.